The molecule has 1 aromatic carbocycles. The molecule has 0 N–H and O–H groups in total. The molecule has 0 heterocycles. The van der Waals surface area contributed by atoms with Gasteiger partial charge in [0.25, 0.3) is 0 Å². The lowest BCUT2D eigenvalue weighted by molar-refractivity contribution is -0.142. The average molecular weight is 163 g/mol. The third kappa shape index (κ3) is 2.74. The van der Waals surface area contributed by atoms with Gasteiger partial charge in [-0.1, -0.05) is 18.2 Å². The second-order valence-corrected chi connectivity index (χ2v) is 2.64. The van der Waals surface area contributed by atoms with Crippen molar-refractivity contribution in [2.24, 2.45) is 0 Å². The molecule has 0 aliphatic carbocycles. The SMILES string of the molecule is CC(=O)OCc1[c]c(C)ccc1. The van der Waals surface area contributed by atoms with Gasteiger partial charge in [0.1, 0.15) is 6.61 Å². The van der Waals surface area contributed by atoms with E-state index in [9.17, 15) is 4.79 Å². The molecule has 0 saturated carbocycles. The molecule has 0 bridgehead atoms. The maximum absolute atomic E-state index is 10.5. The summed E-state index contributed by atoms with van der Waals surface area (Å²) in [6.07, 6.45) is 0. The van der Waals surface area contributed by atoms with Crippen LogP contribution in [0.2, 0.25) is 0 Å². The van der Waals surface area contributed by atoms with Crippen LogP contribution in [0.5, 0.6) is 0 Å². The first-order valence-corrected chi connectivity index (χ1v) is 3.79. The second kappa shape index (κ2) is 3.90. The van der Waals surface area contributed by atoms with Crippen LogP contribution in [-0.4, -0.2) is 5.97 Å². The average Bonchev–Trinajstić information content (AvgIpc) is 2.01. The third-order valence-corrected chi connectivity index (χ3v) is 1.43. The van der Waals surface area contributed by atoms with Crippen LogP contribution in [0, 0.1) is 13.0 Å². The Bertz CT molecular complexity index is 279. The normalized spacial score (nSPS) is 9.50. The molecule has 0 atom stereocenters. The number of carbonyl (C=O) groups excluding carboxylic acids is 1. The highest BCUT2D eigenvalue weighted by Gasteiger charge is 1.95. The minimum atomic E-state index is -0.259. The van der Waals surface area contributed by atoms with E-state index in [2.05, 4.69) is 6.07 Å². The molecule has 1 radical (unpaired) electrons. The zero-order chi connectivity index (χ0) is 8.97. The van der Waals surface area contributed by atoms with Gasteiger partial charge in [0.15, 0.2) is 0 Å². The Morgan fingerprint density at radius 3 is 2.92 bits per heavy atom. The van der Waals surface area contributed by atoms with Crippen LogP contribution in [0.15, 0.2) is 18.2 Å². The standard InChI is InChI=1S/C10H11O2/c1-8-4-3-5-10(6-8)7-12-9(2)11/h3-5H,7H2,1-2H3. The fourth-order valence-corrected chi connectivity index (χ4v) is 0.909. The van der Waals surface area contributed by atoms with Crippen LogP contribution in [0.1, 0.15) is 18.1 Å². The van der Waals surface area contributed by atoms with Gasteiger partial charge in [0, 0.05) is 6.92 Å². The van der Waals surface area contributed by atoms with E-state index in [-0.39, 0.29) is 5.97 Å². The maximum atomic E-state index is 10.5. The number of hydrogen-bond acceptors (Lipinski definition) is 2. The van der Waals surface area contributed by atoms with Crippen molar-refractivity contribution < 1.29 is 9.53 Å². The van der Waals surface area contributed by atoms with Gasteiger partial charge in [-0.15, -0.1) is 0 Å². The van der Waals surface area contributed by atoms with Crippen LogP contribution >= 0.6 is 0 Å². The topological polar surface area (TPSA) is 26.3 Å². The summed E-state index contributed by atoms with van der Waals surface area (Å²) in [6.45, 7) is 3.67. The summed E-state index contributed by atoms with van der Waals surface area (Å²) in [5.74, 6) is -0.259. The summed E-state index contributed by atoms with van der Waals surface area (Å²) in [7, 11) is 0. The van der Waals surface area contributed by atoms with Crippen molar-refractivity contribution in [3.8, 4) is 0 Å². The molecule has 0 amide bonds. The maximum Gasteiger partial charge on any atom is 0.302 e. The molecule has 1 aromatic rings. The van der Waals surface area contributed by atoms with Crippen molar-refractivity contribution in [3.05, 3.63) is 35.4 Å². The van der Waals surface area contributed by atoms with Gasteiger partial charge in [0.2, 0.25) is 0 Å². The number of rotatable bonds is 2. The Morgan fingerprint density at radius 2 is 2.33 bits per heavy atom. The molecule has 0 spiro atoms. The highest BCUT2D eigenvalue weighted by Crippen LogP contribution is 2.03. The number of benzene rings is 1. The van der Waals surface area contributed by atoms with Crippen molar-refractivity contribution in [2.45, 2.75) is 20.5 Å². The summed E-state index contributed by atoms with van der Waals surface area (Å²) in [4.78, 5) is 10.5. The molecule has 0 aromatic heterocycles. The Balaban J connectivity index is 2.57. The van der Waals surface area contributed by atoms with Crippen LogP contribution in [0.25, 0.3) is 0 Å². The molecule has 0 saturated heterocycles. The number of ether oxygens (including phenoxy) is 1. The lowest BCUT2D eigenvalue weighted by atomic mass is 10.1. The fraction of sp³-hybridized carbons (Fsp3) is 0.300. The number of esters is 1. The number of aryl methyl sites for hydroxylation is 1. The van der Waals surface area contributed by atoms with Crippen molar-refractivity contribution in [1.29, 1.82) is 0 Å². The molecule has 0 aliphatic heterocycles. The molecule has 63 valence electrons. The first-order valence-electron chi connectivity index (χ1n) is 3.79. The molecular weight excluding hydrogens is 152 g/mol. The summed E-state index contributed by atoms with van der Waals surface area (Å²) in [5.41, 5.74) is 1.96. The Hall–Kier alpha value is -1.31. The van der Waals surface area contributed by atoms with Gasteiger partial charge in [-0.3, -0.25) is 4.79 Å². The lowest BCUT2D eigenvalue weighted by Gasteiger charge is -2.01. The highest BCUT2D eigenvalue weighted by molar-refractivity contribution is 5.65. The molecule has 1 rings (SSSR count). The van der Waals surface area contributed by atoms with Crippen LogP contribution in [-0.2, 0) is 16.1 Å². The van der Waals surface area contributed by atoms with Gasteiger partial charge in [-0.25, -0.2) is 0 Å². The predicted molar refractivity (Wildman–Crippen MR) is 45.5 cm³/mol. The van der Waals surface area contributed by atoms with Gasteiger partial charge >= 0.3 is 5.97 Å². The Kier molecular flexibility index (Phi) is 2.86. The number of carbonyl (C=O) groups is 1. The molecular formula is C10H11O2. The van der Waals surface area contributed by atoms with E-state index >= 15 is 0 Å². The fourth-order valence-electron chi connectivity index (χ4n) is 0.909. The van der Waals surface area contributed by atoms with Crippen LogP contribution in [0.4, 0.5) is 0 Å². The first kappa shape index (κ1) is 8.78. The minimum Gasteiger partial charge on any atom is -0.461 e. The van der Waals surface area contributed by atoms with E-state index in [1.54, 1.807) is 0 Å². The quantitative estimate of drug-likeness (QED) is 0.622. The van der Waals surface area contributed by atoms with Crippen LogP contribution < -0.4 is 0 Å². The molecule has 2 heteroatoms. The van der Waals surface area contributed by atoms with Crippen molar-refractivity contribution in [1.82, 2.24) is 0 Å². The Morgan fingerprint density at radius 1 is 1.58 bits per heavy atom. The molecule has 0 unspecified atom stereocenters. The monoisotopic (exact) mass is 163 g/mol. The predicted octanol–water partition coefficient (Wildman–Crippen LogP) is 1.86. The minimum absolute atomic E-state index is 0.259. The van der Waals surface area contributed by atoms with Crippen LogP contribution in [0.3, 0.4) is 0 Å². The summed E-state index contributed by atoms with van der Waals surface area (Å²) in [5, 5.41) is 0. The third-order valence-electron chi connectivity index (χ3n) is 1.43. The van der Waals surface area contributed by atoms with Crippen molar-refractivity contribution >= 4 is 5.97 Å². The van der Waals surface area contributed by atoms with E-state index < -0.39 is 0 Å². The molecule has 0 fully saturated rings. The van der Waals surface area contributed by atoms with E-state index in [0.717, 1.165) is 11.1 Å². The van der Waals surface area contributed by atoms with Gasteiger partial charge in [-0.2, -0.15) is 0 Å². The zero-order valence-corrected chi connectivity index (χ0v) is 7.26. The van der Waals surface area contributed by atoms with E-state index in [1.807, 2.05) is 25.1 Å². The molecule has 0 aliphatic rings. The van der Waals surface area contributed by atoms with Crippen molar-refractivity contribution in [3.63, 3.8) is 0 Å². The van der Waals surface area contributed by atoms with Gasteiger partial charge in [-0.05, 0) is 24.1 Å². The largest absolute Gasteiger partial charge is 0.461 e. The Labute approximate surface area is 72.2 Å². The summed E-state index contributed by atoms with van der Waals surface area (Å²) < 4.78 is 4.81. The summed E-state index contributed by atoms with van der Waals surface area (Å²) >= 11 is 0. The lowest BCUT2D eigenvalue weighted by Crippen LogP contribution is -1.98. The highest BCUT2D eigenvalue weighted by atomic mass is 16.5. The zero-order valence-electron chi connectivity index (χ0n) is 7.26. The van der Waals surface area contributed by atoms with Gasteiger partial charge < -0.3 is 4.74 Å². The number of hydrogen-bond donors (Lipinski definition) is 0. The van der Waals surface area contributed by atoms with E-state index in [1.165, 1.54) is 6.92 Å². The van der Waals surface area contributed by atoms with E-state index in [0.29, 0.717) is 6.61 Å². The molecule has 2 nitrogen and oxygen atoms in total. The molecule has 12 heavy (non-hydrogen) atoms. The second-order valence-electron chi connectivity index (χ2n) is 2.64. The van der Waals surface area contributed by atoms with Crippen molar-refractivity contribution in [2.75, 3.05) is 0 Å². The first-order chi connectivity index (χ1) is 5.68. The van der Waals surface area contributed by atoms with Gasteiger partial charge in [0.05, 0.1) is 0 Å². The van der Waals surface area contributed by atoms with E-state index in [4.69, 9.17) is 4.74 Å². The smallest absolute Gasteiger partial charge is 0.302 e. The summed E-state index contributed by atoms with van der Waals surface area (Å²) in [6, 6.07) is 8.85.